The molecule has 0 saturated carbocycles. The maximum Gasteiger partial charge on any atom is 0.416 e. The number of hydrogen-bond acceptors (Lipinski definition) is 3. The molecule has 1 aromatic carbocycles. The number of hydrogen-bond donors (Lipinski definition) is 1. The highest BCUT2D eigenvalue weighted by atomic mass is 32.2. The van der Waals surface area contributed by atoms with Crippen LogP contribution < -0.4 is 0 Å². The summed E-state index contributed by atoms with van der Waals surface area (Å²) in [5.74, 6) is -3.37. The lowest BCUT2D eigenvalue weighted by molar-refractivity contribution is -0.142. The van der Waals surface area contributed by atoms with Crippen LogP contribution in [-0.4, -0.2) is 35.9 Å². The van der Waals surface area contributed by atoms with Crippen LogP contribution in [0.3, 0.4) is 0 Å². The molecular weight excluding hydrogens is 354 g/mol. The van der Waals surface area contributed by atoms with E-state index in [1.54, 1.807) is 0 Å². The molecule has 2 fully saturated rings. The first-order valence-corrected chi connectivity index (χ1v) is 8.60. The molecule has 5 nitrogen and oxygen atoms in total. The van der Waals surface area contributed by atoms with E-state index in [2.05, 4.69) is 0 Å². The molecule has 0 spiro atoms. The molecule has 24 heavy (non-hydrogen) atoms. The molecule has 2 bridgehead atoms. The van der Waals surface area contributed by atoms with Crippen LogP contribution in [0.2, 0.25) is 0 Å². The summed E-state index contributed by atoms with van der Waals surface area (Å²) < 4.78 is 78.6. The summed E-state index contributed by atoms with van der Waals surface area (Å²) in [5.41, 5.74) is -1.27. The summed E-state index contributed by atoms with van der Waals surface area (Å²) in [6.07, 6.45) is -4.03. The topological polar surface area (TPSA) is 74.7 Å². The van der Waals surface area contributed by atoms with Crippen molar-refractivity contribution in [1.29, 1.82) is 0 Å². The molecule has 0 amide bonds. The van der Waals surface area contributed by atoms with E-state index in [0.29, 0.717) is 25.0 Å². The van der Waals surface area contributed by atoms with Crippen LogP contribution >= 0.6 is 0 Å². The number of benzene rings is 1. The van der Waals surface area contributed by atoms with Gasteiger partial charge in [-0.15, -0.1) is 0 Å². The summed E-state index contributed by atoms with van der Waals surface area (Å²) >= 11 is 0. The van der Waals surface area contributed by atoms with Gasteiger partial charge in [0.15, 0.2) is 0 Å². The van der Waals surface area contributed by atoms with E-state index in [0.717, 1.165) is 4.31 Å². The van der Waals surface area contributed by atoms with Crippen LogP contribution in [0, 0.1) is 11.7 Å². The lowest BCUT2D eigenvalue weighted by atomic mass is 9.89. The number of sulfonamides is 1. The summed E-state index contributed by atoms with van der Waals surface area (Å²) in [6, 6.07) is -0.297. The van der Waals surface area contributed by atoms with E-state index in [1.165, 1.54) is 0 Å². The summed E-state index contributed by atoms with van der Waals surface area (Å²) in [7, 11) is -4.56. The van der Waals surface area contributed by atoms with Crippen molar-refractivity contribution in [3.63, 3.8) is 0 Å². The third-order valence-corrected chi connectivity index (χ3v) is 6.60. The number of nitrogens with zero attached hydrogens (tertiary/aromatic N) is 1. The average Bonchev–Trinajstić information content (AvgIpc) is 3.04. The van der Waals surface area contributed by atoms with Crippen molar-refractivity contribution < 1.29 is 35.9 Å². The smallest absolute Gasteiger partial charge is 0.416 e. The molecule has 0 radical (unpaired) electrons. The second kappa shape index (κ2) is 5.41. The SMILES string of the molecule is O=C(O)C1CC2CCC1N2S(=O)(=O)c1cc(C(F)(F)F)ccc1F. The molecule has 3 unspecified atom stereocenters. The first-order chi connectivity index (χ1) is 11.0. The number of alkyl halides is 3. The third kappa shape index (κ3) is 2.57. The van der Waals surface area contributed by atoms with Crippen molar-refractivity contribution in [2.24, 2.45) is 5.92 Å². The fourth-order valence-electron chi connectivity index (χ4n) is 3.57. The number of rotatable bonds is 3. The molecular formula is C14H13F4NO4S. The lowest BCUT2D eigenvalue weighted by Gasteiger charge is -2.23. The summed E-state index contributed by atoms with van der Waals surface area (Å²) in [5, 5.41) is 9.15. The Morgan fingerprint density at radius 1 is 1.25 bits per heavy atom. The number of fused-ring (bicyclic) bond motifs is 2. The van der Waals surface area contributed by atoms with Gasteiger partial charge in [-0.3, -0.25) is 4.79 Å². The molecule has 132 valence electrons. The Bertz CT molecular complexity index is 792. The minimum absolute atomic E-state index is 0.0831. The van der Waals surface area contributed by atoms with Gasteiger partial charge in [0.2, 0.25) is 10.0 Å². The van der Waals surface area contributed by atoms with E-state index in [9.17, 15) is 30.8 Å². The molecule has 10 heteroatoms. The second-order valence-electron chi connectivity index (χ2n) is 5.96. The van der Waals surface area contributed by atoms with Crippen molar-refractivity contribution >= 4 is 16.0 Å². The predicted molar refractivity (Wildman–Crippen MR) is 73.0 cm³/mol. The molecule has 2 aliphatic heterocycles. The van der Waals surface area contributed by atoms with E-state index in [-0.39, 0.29) is 12.5 Å². The number of carbonyl (C=O) groups is 1. The number of halogens is 4. The van der Waals surface area contributed by atoms with E-state index >= 15 is 0 Å². The van der Waals surface area contributed by atoms with Gasteiger partial charge in [-0.05, 0) is 37.5 Å². The number of carboxylic acid groups (broad SMARTS) is 1. The van der Waals surface area contributed by atoms with Gasteiger partial charge in [0, 0.05) is 12.1 Å². The molecule has 2 aliphatic rings. The quantitative estimate of drug-likeness (QED) is 0.833. The van der Waals surface area contributed by atoms with Gasteiger partial charge in [-0.25, -0.2) is 12.8 Å². The van der Waals surface area contributed by atoms with Gasteiger partial charge in [0.05, 0.1) is 11.5 Å². The zero-order valence-electron chi connectivity index (χ0n) is 12.1. The Morgan fingerprint density at radius 3 is 2.46 bits per heavy atom. The minimum Gasteiger partial charge on any atom is -0.481 e. The van der Waals surface area contributed by atoms with Gasteiger partial charge in [0.1, 0.15) is 10.7 Å². The fraction of sp³-hybridized carbons (Fsp3) is 0.500. The zero-order valence-corrected chi connectivity index (χ0v) is 12.9. The summed E-state index contributed by atoms with van der Waals surface area (Å²) in [4.78, 5) is 10.1. The molecule has 1 aromatic rings. The third-order valence-electron chi connectivity index (χ3n) is 4.60. The second-order valence-corrected chi connectivity index (χ2v) is 7.77. The van der Waals surface area contributed by atoms with Crippen LogP contribution in [0.1, 0.15) is 24.8 Å². The van der Waals surface area contributed by atoms with Gasteiger partial charge in [-0.2, -0.15) is 17.5 Å². The van der Waals surface area contributed by atoms with Gasteiger partial charge in [0.25, 0.3) is 0 Å². The molecule has 2 saturated heterocycles. The largest absolute Gasteiger partial charge is 0.481 e. The summed E-state index contributed by atoms with van der Waals surface area (Å²) in [6.45, 7) is 0. The highest BCUT2D eigenvalue weighted by Crippen LogP contribution is 2.45. The zero-order chi connectivity index (χ0) is 17.9. The Balaban J connectivity index is 2.05. The molecule has 3 rings (SSSR count). The van der Waals surface area contributed by atoms with E-state index in [1.807, 2.05) is 0 Å². The normalized spacial score (nSPS) is 27.6. The van der Waals surface area contributed by atoms with Crippen LogP contribution in [0.25, 0.3) is 0 Å². The first kappa shape index (κ1) is 17.2. The van der Waals surface area contributed by atoms with Crippen molar-refractivity contribution in [3.8, 4) is 0 Å². The standard InChI is InChI=1S/C14H13F4NO4S/c15-10-3-1-7(14(16,17)18)5-12(10)24(22,23)19-8-2-4-11(19)9(6-8)13(20)21/h1,3,5,8-9,11H,2,4,6H2,(H,20,21). The van der Waals surface area contributed by atoms with Crippen LogP contribution in [-0.2, 0) is 21.0 Å². The fourth-order valence-corrected chi connectivity index (χ4v) is 5.58. The average molecular weight is 367 g/mol. The van der Waals surface area contributed by atoms with E-state index in [4.69, 9.17) is 5.11 Å². The maximum atomic E-state index is 13.9. The highest BCUT2D eigenvalue weighted by Gasteiger charge is 2.55. The van der Waals surface area contributed by atoms with Crippen LogP contribution in [0.5, 0.6) is 0 Å². The Labute approximate surface area is 134 Å². The molecule has 3 atom stereocenters. The highest BCUT2D eigenvalue weighted by molar-refractivity contribution is 7.89. The van der Waals surface area contributed by atoms with E-state index < -0.39 is 56.4 Å². The Kier molecular flexibility index (Phi) is 3.87. The van der Waals surface area contributed by atoms with Gasteiger partial charge >= 0.3 is 12.1 Å². The number of carboxylic acids is 1. The first-order valence-electron chi connectivity index (χ1n) is 7.16. The minimum atomic E-state index is -4.81. The molecule has 1 N–H and O–H groups in total. The van der Waals surface area contributed by atoms with Crippen LogP contribution in [0.15, 0.2) is 23.1 Å². The number of aliphatic carboxylic acids is 1. The van der Waals surface area contributed by atoms with Crippen molar-refractivity contribution in [1.82, 2.24) is 4.31 Å². The molecule has 0 aromatic heterocycles. The van der Waals surface area contributed by atoms with Gasteiger partial charge in [-0.1, -0.05) is 0 Å². The van der Waals surface area contributed by atoms with Crippen molar-refractivity contribution in [2.45, 2.75) is 42.4 Å². The van der Waals surface area contributed by atoms with Crippen LogP contribution in [0.4, 0.5) is 17.6 Å². The molecule has 0 aliphatic carbocycles. The monoisotopic (exact) mass is 367 g/mol. The van der Waals surface area contributed by atoms with Crippen molar-refractivity contribution in [2.75, 3.05) is 0 Å². The molecule has 2 heterocycles. The Hall–Kier alpha value is -1.68. The lowest BCUT2D eigenvalue weighted by Crippen LogP contribution is -2.38. The van der Waals surface area contributed by atoms with Gasteiger partial charge < -0.3 is 5.11 Å². The predicted octanol–water partition coefficient (Wildman–Crippen LogP) is 2.47. The van der Waals surface area contributed by atoms with Crippen molar-refractivity contribution in [3.05, 3.63) is 29.6 Å². The maximum absolute atomic E-state index is 13.9. The Morgan fingerprint density at radius 2 is 1.92 bits per heavy atom.